The Morgan fingerprint density at radius 3 is 2.92 bits per heavy atom. The van der Waals surface area contributed by atoms with Crippen LogP contribution in [0.15, 0.2) is 35.3 Å². The summed E-state index contributed by atoms with van der Waals surface area (Å²) >= 11 is 0. The van der Waals surface area contributed by atoms with Crippen LogP contribution in [-0.4, -0.2) is 36.9 Å². The first-order valence-electron chi connectivity index (χ1n) is 8.15. The van der Waals surface area contributed by atoms with E-state index in [0.29, 0.717) is 16.9 Å². The fraction of sp³-hybridized carbons (Fsp3) is 0.353. The molecule has 1 saturated heterocycles. The average molecular weight is 325 g/mol. The first-order valence-corrected chi connectivity index (χ1v) is 8.15. The Bertz CT molecular complexity index is 951. The Balaban J connectivity index is 1.69. The average Bonchev–Trinajstić information content (AvgIpc) is 3.17. The number of amides is 1. The van der Waals surface area contributed by atoms with Gasteiger partial charge in [-0.3, -0.25) is 9.78 Å². The van der Waals surface area contributed by atoms with Gasteiger partial charge in [0.15, 0.2) is 5.65 Å². The summed E-state index contributed by atoms with van der Waals surface area (Å²) in [5.41, 5.74) is 2.20. The van der Waals surface area contributed by atoms with Crippen LogP contribution in [0.4, 0.5) is 0 Å². The summed E-state index contributed by atoms with van der Waals surface area (Å²) in [4.78, 5) is 35.9. The summed E-state index contributed by atoms with van der Waals surface area (Å²) in [7, 11) is 2.00. The number of piperidine rings is 1. The molecule has 0 aromatic carbocycles. The standard InChI is InChI=1S/C17H19N5O2/c1-21-9-4-6-13(21)14-5-2-3-10-22(14)16(23)12-8-7-11-15(18-12)20-17(24)19-11/h4,6-9,14H,2-3,5,10H2,1H3,(H2,18,19,20,24). The zero-order chi connectivity index (χ0) is 16.7. The van der Waals surface area contributed by atoms with Crippen molar-refractivity contribution in [3.8, 4) is 0 Å². The lowest BCUT2D eigenvalue weighted by molar-refractivity contribution is 0.0597. The summed E-state index contributed by atoms with van der Waals surface area (Å²) in [5.74, 6) is -0.0927. The number of imidazole rings is 1. The summed E-state index contributed by atoms with van der Waals surface area (Å²) in [6, 6.07) is 7.52. The fourth-order valence-electron chi connectivity index (χ4n) is 3.49. The molecule has 0 aliphatic carbocycles. The van der Waals surface area contributed by atoms with Gasteiger partial charge in [0.25, 0.3) is 5.91 Å². The third-order valence-electron chi connectivity index (χ3n) is 4.68. The van der Waals surface area contributed by atoms with Crippen LogP contribution >= 0.6 is 0 Å². The lowest BCUT2D eigenvalue weighted by Crippen LogP contribution is -2.39. The SMILES string of the molecule is Cn1cccc1C1CCCCN1C(=O)c1ccc2[nH]c(=O)[nH]c2n1. The highest BCUT2D eigenvalue weighted by molar-refractivity contribution is 5.94. The number of hydrogen-bond acceptors (Lipinski definition) is 3. The maximum Gasteiger partial charge on any atom is 0.325 e. The van der Waals surface area contributed by atoms with Gasteiger partial charge in [-0.25, -0.2) is 9.78 Å². The maximum absolute atomic E-state index is 13.0. The Hall–Kier alpha value is -2.83. The van der Waals surface area contributed by atoms with E-state index >= 15 is 0 Å². The molecule has 7 nitrogen and oxygen atoms in total. The summed E-state index contributed by atoms with van der Waals surface area (Å²) in [6.45, 7) is 0.720. The lowest BCUT2D eigenvalue weighted by Gasteiger charge is -2.36. The van der Waals surface area contributed by atoms with Crippen molar-refractivity contribution < 1.29 is 4.79 Å². The van der Waals surface area contributed by atoms with Crippen LogP contribution in [0.5, 0.6) is 0 Å². The highest BCUT2D eigenvalue weighted by Crippen LogP contribution is 2.32. The van der Waals surface area contributed by atoms with Gasteiger partial charge in [-0.1, -0.05) is 0 Å². The van der Waals surface area contributed by atoms with Gasteiger partial charge in [0, 0.05) is 25.5 Å². The molecule has 4 heterocycles. The van der Waals surface area contributed by atoms with E-state index in [1.807, 2.05) is 24.2 Å². The second-order valence-electron chi connectivity index (χ2n) is 6.23. The van der Waals surface area contributed by atoms with Gasteiger partial charge in [0.05, 0.1) is 11.6 Å². The molecule has 3 aromatic rings. The number of pyridine rings is 1. The normalized spacial score (nSPS) is 18.2. The first-order chi connectivity index (χ1) is 11.6. The van der Waals surface area contributed by atoms with Crippen molar-refractivity contribution in [2.24, 2.45) is 7.05 Å². The van der Waals surface area contributed by atoms with Crippen molar-refractivity contribution >= 4 is 17.1 Å². The quantitative estimate of drug-likeness (QED) is 0.755. The minimum atomic E-state index is -0.318. The third-order valence-corrected chi connectivity index (χ3v) is 4.68. The molecule has 124 valence electrons. The van der Waals surface area contributed by atoms with Gasteiger partial charge in [-0.05, 0) is 43.5 Å². The molecule has 1 aliphatic rings. The van der Waals surface area contributed by atoms with Crippen molar-refractivity contribution in [3.63, 3.8) is 0 Å². The van der Waals surface area contributed by atoms with Crippen LogP contribution in [0.3, 0.4) is 0 Å². The number of aromatic amines is 2. The van der Waals surface area contributed by atoms with E-state index in [4.69, 9.17) is 0 Å². The van der Waals surface area contributed by atoms with Crippen molar-refractivity contribution in [2.75, 3.05) is 6.54 Å². The molecule has 2 N–H and O–H groups in total. The number of nitrogens with zero attached hydrogens (tertiary/aromatic N) is 3. The smallest absolute Gasteiger partial charge is 0.325 e. The molecule has 0 bridgehead atoms. The number of carbonyl (C=O) groups is 1. The number of carbonyl (C=O) groups excluding carboxylic acids is 1. The van der Waals surface area contributed by atoms with E-state index in [9.17, 15) is 9.59 Å². The highest BCUT2D eigenvalue weighted by atomic mass is 16.2. The van der Waals surface area contributed by atoms with Gasteiger partial charge in [-0.2, -0.15) is 0 Å². The molecule has 4 rings (SSSR count). The predicted octanol–water partition coefficient (Wildman–Crippen LogP) is 1.96. The third kappa shape index (κ3) is 2.42. The predicted molar refractivity (Wildman–Crippen MR) is 89.8 cm³/mol. The monoisotopic (exact) mass is 325 g/mol. The summed E-state index contributed by atoms with van der Waals surface area (Å²) in [5, 5.41) is 0. The number of nitrogens with one attached hydrogen (secondary N) is 2. The molecular formula is C17H19N5O2. The zero-order valence-electron chi connectivity index (χ0n) is 13.5. The number of hydrogen-bond donors (Lipinski definition) is 2. The molecule has 7 heteroatoms. The Labute approximate surface area is 138 Å². The fourth-order valence-corrected chi connectivity index (χ4v) is 3.49. The summed E-state index contributed by atoms with van der Waals surface area (Å²) in [6.07, 6.45) is 5.06. The Kier molecular flexibility index (Phi) is 3.48. The topological polar surface area (TPSA) is 86.8 Å². The molecule has 1 unspecified atom stereocenters. The van der Waals surface area contributed by atoms with Gasteiger partial charge < -0.3 is 14.5 Å². The molecule has 3 aromatic heterocycles. The Morgan fingerprint density at radius 2 is 2.12 bits per heavy atom. The number of fused-ring (bicyclic) bond motifs is 1. The maximum atomic E-state index is 13.0. The minimum absolute atomic E-state index is 0.0639. The molecular weight excluding hydrogens is 306 g/mol. The van der Waals surface area contributed by atoms with E-state index in [0.717, 1.165) is 31.5 Å². The zero-order valence-corrected chi connectivity index (χ0v) is 13.5. The number of aryl methyl sites for hydroxylation is 1. The van der Waals surface area contributed by atoms with E-state index in [1.165, 1.54) is 0 Å². The van der Waals surface area contributed by atoms with Crippen LogP contribution in [0.25, 0.3) is 11.2 Å². The van der Waals surface area contributed by atoms with Gasteiger partial charge in [0.2, 0.25) is 0 Å². The second-order valence-corrected chi connectivity index (χ2v) is 6.23. The van der Waals surface area contributed by atoms with Gasteiger partial charge >= 0.3 is 5.69 Å². The molecule has 1 amide bonds. The van der Waals surface area contributed by atoms with Crippen LogP contribution in [0.2, 0.25) is 0 Å². The van der Waals surface area contributed by atoms with E-state index in [2.05, 4.69) is 25.6 Å². The molecule has 1 atom stereocenters. The Morgan fingerprint density at radius 1 is 1.25 bits per heavy atom. The minimum Gasteiger partial charge on any atom is -0.353 e. The largest absolute Gasteiger partial charge is 0.353 e. The molecule has 1 aliphatic heterocycles. The molecule has 24 heavy (non-hydrogen) atoms. The number of rotatable bonds is 2. The van der Waals surface area contributed by atoms with Crippen molar-refractivity contribution in [3.05, 3.63) is 52.3 Å². The van der Waals surface area contributed by atoms with Gasteiger partial charge in [-0.15, -0.1) is 0 Å². The van der Waals surface area contributed by atoms with Crippen LogP contribution < -0.4 is 5.69 Å². The summed E-state index contributed by atoms with van der Waals surface area (Å²) < 4.78 is 2.07. The van der Waals surface area contributed by atoms with Gasteiger partial charge in [0.1, 0.15) is 5.69 Å². The van der Waals surface area contributed by atoms with E-state index in [-0.39, 0.29) is 17.6 Å². The van der Waals surface area contributed by atoms with Crippen molar-refractivity contribution in [1.29, 1.82) is 0 Å². The molecule has 0 radical (unpaired) electrons. The number of aromatic nitrogens is 4. The number of H-pyrrole nitrogens is 2. The van der Waals surface area contributed by atoms with E-state index < -0.39 is 0 Å². The van der Waals surface area contributed by atoms with Crippen molar-refractivity contribution in [2.45, 2.75) is 25.3 Å². The van der Waals surface area contributed by atoms with E-state index in [1.54, 1.807) is 12.1 Å². The van der Waals surface area contributed by atoms with Crippen LogP contribution in [0.1, 0.15) is 41.5 Å². The highest BCUT2D eigenvalue weighted by Gasteiger charge is 2.30. The van der Waals surface area contributed by atoms with Crippen LogP contribution in [0, 0.1) is 0 Å². The second kappa shape index (κ2) is 5.67. The molecule has 0 saturated carbocycles. The van der Waals surface area contributed by atoms with Crippen molar-refractivity contribution in [1.82, 2.24) is 24.4 Å². The first kappa shape index (κ1) is 14.7. The molecule has 0 spiro atoms. The lowest BCUT2D eigenvalue weighted by atomic mass is 9.98. The van der Waals surface area contributed by atoms with Crippen LogP contribution in [-0.2, 0) is 7.05 Å². The molecule has 1 fully saturated rings. The number of likely N-dealkylation sites (tertiary alicyclic amines) is 1.